The molecule has 0 aliphatic heterocycles. The number of halogens is 2. The van der Waals surface area contributed by atoms with Crippen LogP contribution in [0.25, 0.3) is 11.1 Å². The molecule has 0 aliphatic carbocycles. The number of carboxylic acids is 1. The van der Waals surface area contributed by atoms with Crippen LogP contribution in [0, 0.1) is 0 Å². The molecule has 1 amide bonds. The van der Waals surface area contributed by atoms with E-state index in [0.29, 0.717) is 27.6 Å². The number of rotatable bonds is 8. The maximum absolute atomic E-state index is 12.7. The molecule has 0 saturated heterocycles. The third-order valence-electron chi connectivity index (χ3n) is 4.86. The van der Waals surface area contributed by atoms with Crippen molar-refractivity contribution in [2.45, 2.75) is 13.0 Å². The van der Waals surface area contributed by atoms with Gasteiger partial charge in [-0.25, -0.2) is 0 Å². The maximum atomic E-state index is 12.7. The van der Waals surface area contributed by atoms with Crippen LogP contribution < -0.4 is 14.8 Å². The van der Waals surface area contributed by atoms with Gasteiger partial charge in [-0.1, -0.05) is 35.3 Å². The van der Waals surface area contributed by atoms with Crippen molar-refractivity contribution in [2.75, 3.05) is 14.2 Å². The summed E-state index contributed by atoms with van der Waals surface area (Å²) in [6.07, 6.45) is -0.172. The van der Waals surface area contributed by atoms with Crippen molar-refractivity contribution in [2.24, 2.45) is 0 Å². The number of carboxylic acid groups (broad SMARTS) is 1. The monoisotopic (exact) mass is 473 g/mol. The summed E-state index contributed by atoms with van der Waals surface area (Å²) < 4.78 is 10.6. The van der Waals surface area contributed by atoms with Gasteiger partial charge in [-0.3, -0.25) is 9.59 Å². The summed E-state index contributed by atoms with van der Waals surface area (Å²) in [6.45, 7) is 0.199. The number of hydrogen-bond acceptors (Lipinski definition) is 4. The van der Waals surface area contributed by atoms with Crippen LogP contribution in [0.15, 0.2) is 54.6 Å². The number of carbonyl (C=O) groups excluding carboxylic acids is 1. The number of methoxy groups -OCH3 is 2. The summed E-state index contributed by atoms with van der Waals surface area (Å²) >= 11 is 12.1. The molecular formula is C24H21Cl2NO5. The van der Waals surface area contributed by atoms with Gasteiger partial charge in [0.2, 0.25) is 0 Å². The minimum absolute atomic E-state index is 0.172. The Morgan fingerprint density at radius 1 is 0.938 bits per heavy atom. The first-order chi connectivity index (χ1) is 15.3. The highest BCUT2D eigenvalue weighted by Crippen LogP contribution is 2.31. The van der Waals surface area contributed by atoms with Gasteiger partial charge < -0.3 is 19.9 Å². The van der Waals surface area contributed by atoms with Crippen LogP contribution in [0.1, 0.15) is 21.5 Å². The maximum Gasteiger partial charge on any atom is 0.307 e. The summed E-state index contributed by atoms with van der Waals surface area (Å²) in [7, 11) is 3.06. The van der Waals surface area contributed by atoms with Crippen LogP contribution in [0.4, 0.5) is 0 Å². The summed E-state index contributed by atoms with van der Waals surface area (Å²) in [5.74, 6) is -0.178. The Hall–Kier alpha value is -3.22. The van der Waals surface area contributed by atoms with Crippen molar-refractivity contribution >= 4 is 35.1 Å². The van der Waals surface area contributed by atoms with Gasteiger partial charge in [0.15, 0.2) is 0 Å². The number of carbonyl (C=O) groups is 2. The van der Waals surface area contributed by atoms with E-state index in [1.54, 1.807) is 37.4 Å². The first kappa shape index (κ1) is 23.4. The van der Waals surface area contributed by atoms with E-state index >= 15 is 0 Å². The Labute approximate surface area is 195 Å². The first-order valence-electron chi connectivity index (χ1n) is 9.61. The molecule has 0 aliphatic rings. The summed E-state index contributed by atoms with van der Waals surface area (Å²) in [5, 5.41) is 12.8. The molecule has 6 nitrogen and oxygen atoms in total. The Balaban J connectivity index is 1.93. The molecule has 0 atom stereocenters. The van der Waals surface area contributed by atoms with Crippen molar-refractivity contribution in [3.8, 4) is 22.6 Å². The van der Waals surface area contributed by atoms with Crippen LogP contribution >= 0.6 is 23.2 Å². The van der Waals surface area contributed by atoms with E-state index in [9.17, 15) is 14.7 Å². The van der Waals surface area contributed by atoms with Gasteiger partial charge in [-0.05, 0) is 59.2 Å². The lowest BCUT2D eigenvalue weighted by Crippen LogP contribution is -2.23. The van der Waals surface area contributed by atoms with Gasteiger partial charge in [-0.15, -0.1) is 0 Å². The Morgan fingerprint density at radius 3 is 2.38 bits per heavy atom. The van der Waals surface area contributed by atoms with E-state index in [1.165, 1.54) is 13.2 Å². The van der Waals surface area contributed by atoms with E-state index in [2.05, 4.69) is 5.32 Å². The lowest BCUT2D eigenvalue weighted by Gasteiger charge is -2.15. The van der Waals surface area contributed by atoms with E-state index in [1.807, 2.05) is 18.2 Å². The number of benzene rings is 3. The number of amides is 1. The Kier molecular flexibility index (Phi) is 7.62. The Bertz CT molecular complexity index is 1160. The number of aliphatic carboxylic acids is 1. The molecule has 0 aromatic heterocycles. The second kappa shape index (κ2) is 10.4. The summed E-state index contributed by atoms with van der Waals surface area (Å²) in [4.78, 5) is 23.9. The van der Waals surface area contributed by atoms with Gasteiger partial charge in [0.25, 0.3) is 5.91 Å². The van der Waals surface area contributed by atoms with Crippen molar-refractivity contribution < 1.29 is 24.2 Å². The molecule has 32 heavy (non-hydrogen) atoms. The lowest BCUT2D eigenvalue weighted by atomic mass is 9.96. The number of ether oxygens (including phenoxy) is 2. The van der Waals surface area contributed by atoms with Crippen LogP contribution in [-0.4, -0.2) is 31.2 Å². The molecular weight excluding hydrogens is 453 g/mol. The molecule has 8 heteroatoms. The van der Waals surface area contributed by atoms with Gasteiger partial charge in [-0.2, -0.15) is 0 Å². The van der Waals surface area contributed by atoms with Crippen LogP contribution in [0.2, 0.25) is 10.0 Å². The fourth-order valence-corrected chi connectivity index (χ4v) is 3.81. The van der Waals surface area contributed by atoms with Crippen LogP contribution in [-0.2, 0) is 17.8 Å². The highest BCUT2D eigenvalue weighted by atomic mass is 35.5. The largest absolute Gasteiger partial charge is 0.497 e. The first-order valence-corrected chi connectivity index (χ1v) is 10.4. The minimum atomic E-state index is -0.956. The Morgan fingerprint density at radius 2 is 1.72 bits per heavy atom. The lowest BCUT2D eigenvalue weighted by molar-refractivity contribution is -0.136. The van der Waals surface area contributed by atoms with Crippen molar-refractivity contribution in [1.29, 1.82) is 0 Å². The van der Waals surface area contributed by atoms with Crippen molar-refractivity contribution in [1.82, 2.24) is 5.32 Å². The highest BCUT2D eigenvalue weighted by Gasteiger charge is 2.15. The second-order valence-electron chi connectivity index (χ2n) is 6.93. The topological polar surface area (TPSA) is 84.9 Å². The average Bonchev–Trinajstić information content (AvgIpc) is 2.76. The molecule has 3 rings (SSSR count). The van der Waals surface area contributed by atoms with Crippen molar-refractivity contribution in [3.05, 3.63) is 81.3 Å². The van der Waals surface area contributed by atoms with Crippen LogP contribution in [0.3, 0.4) is 0 Å². The number of hydrogen-bond donors (Lipinski definition) is 2. The quantitative estimate of drug-likeness (QED) is 0.467. The van der Waals surface area contributed by atoms with Crippen LogP contribution in [0.5, 0.6) is 11.5 Å². The molecule has 0 spiro atoms. The SMILES string of the molecule is COc1ccc(-c2ccc(OC)c(CC(=O)O)c2)c(CNC(=O)c2ccc(Cl)cc2Cl)c1. The molecule has 0 radical (unpaired) electrons. The third kappa shape index (κ3) is 5.52. The molecule has 0 unspecified atom stereocenters. The highest BCUT2D eigenvalue weighted by molar-refractivity contribution is 6.36. The van der Waals surface area contributed by atoms with E-state index < -0.39 is 5.97 Å². The average molecular weight is 474 g/mol. The third-order valence-corrected chi connectivity index (χ3v) is 5.41. The minimum Gasteiger partial charge on any atom is -0.497 e. The number of nitrogens with one attached hydrogen (secondary N) is 1. The summed E-state index contributed by atoms with van der Waals surface area (Å²) in [6, 6.07) is 15.5. The smallest absolute Gasteiger partial charge is 0.307 e. The molecule has 0 fully saturated rings. The van der Waals surface area contributed by atoms with Gasteiger partial charge in [0.05, 0.1) is 31.2 Å². The fraction of sp³-hybridized carbons (Fsp3) is 0.167. The zero-order chi connectivity index (χ0) is 23.3. The molecule has 0 bridgehead atoms. The molecule has 2 N–H and O–H groups in total. The zero-order valence-corrected chi connectivity index (χ0v) is 19.0. The normalized spacial score (nSPS) is 10.5. The predicted molar refractivity (Wildman–Crippen MR) is 124 cm³/mol. The van der Waals surface area contributed by atoms with Gasteiger partial charge >= 0.3 is 5.97 Å². The molecule has 3 aromatic rings. The van der Waals surface area contributed by atoms with Gasteiger partial charge in [0, 0.05) is 17.1 Å². The van der Waals surface area contributed by atoms with E-state index in [4.69, 9.17) is 32.7 Å². The van der Waals surface area contributed by atoms with E-state index in [-0.39, 0.29) is 23.9 Å². The zero-order valence-electron chi connectivity index (χ0n) is 17.4. The molecule has 0 heterocycles. The molecule has 166 valence electrons. The molecule has 3 aromatic carbocycles. The van der Waals surface area contributed by atoms with Crippen molar-refractivity contribution in [3.63, 3.8) is 0 Å². The van der Waals surface area contributed by atoms with E-state index in [0.717, 1.165) is 16.7 Å². The predicted octanol–water partition coefficient (Wildman–Crippen LogP) is 5.23. The fourth-order valence-electron chi connectivity index (χ4n) is 3.32. The summed E-state index contributed by atoms with van der Waals surface area (Å²) in [5.41, 5.74) is 3.26. The second-order valence-corrected chi connectivity index (χ2v) is 7.77. The standard InChI is InChI=1S/C24H21Cl2NO5/c1-31-18-5-7-19(14-3-8-22(32-2)15(9-14)11-23(28)29)16(10-18)13-27-24(30)20-6-4-17(25)12-21(20)26/h3-10,12H,11,13H2,1-2H3,(H,27,30)(H,28,29). The molecule has 0 saturated carbocycles. The van der Waals surface area contributed by atoms with Gasteiger partial charge in [0.1, 0.15) is 11.5 Å².